The average molecular weight is 374 g/mol. The van der Waals surface area contributed by atoms with E-state index in [1.54, 1.807) is 18.2 Å². The third-order valence-corrected chi connectivity index (χ3v) is 4.77. The third kappa shape index (κ3) is 4.24. The molecule has 0 bridgehead atoms. The van der Waals surface area contributed by atoms with Crippen LogP contribution in [0.5, 0.6) is 11.5 Å². The van der Waals surface area contributed by atoms with Gasteiger partial charge in [-0.25, -0.2) is 0 Å². The number of rotatable bonds is 7. The van der Waals surface area contributed by atoms with E-state index in [0.717, 1.165) is 29.5 Å². The smallest absolute Gasteiger partial charge is 0.387 e. The van der Waals surface area contributed by atoms with Crippen molar-refractivity contribution < 1.29 is 22.7 Å². The predicted octanol–water partition coefficient (Wildman–Crippen LogP) is 6.49. The number of ether oxygens (including phenoxy) is 2. The highest BCUT2D eigenvalue weighted by molar-refractivity contribution is 5.83. The van der Waals surface area contributed by atoms with Gasteiger partial charge in [-0.1, -0.05) is 19.4 Å². The van der Waals surface area contributed by atoms with Crippen molar-refractivity contribution in [2.75, 3.05) is 0 Å². The van der Waals surface area contributed by atoms with Gasteiger partial charge in [0.05, 0.1) is 0 Å². The lowest BCUT2D eigenvalue weighted by Gasteiger charge is -2.15. The molecule has 2 aromatic carbocycles. The highest BCUT2D eigenvalue weighted by Crippen LogP contribution is 2.31. The first-order chi connectivity index (χ1) is 12.9. The van der Waals surface area contributed by atoms with Gasteiger partial charge in [-0.2, -0.15) is 8.78 Å². The minimum absolute atomic E-state index is 0.100. The maximum Gasteiger partial charge on any atom is 0.387 e. The van der Waals surface area contributed by atoms with Crippen molar-refractivity contribution in [1.82, 2.24) is 0 Å². The Hall–Kier alpha value is -2.56. The third-order valence-electron chi connectivity index (χ3n) is 4.77. The fourth-order valence-corrected chi connectivity index (χ4v) is 3.31. The minimum atomic E-state index is -2.87. The van der Waals surface area contributed by atoms with Crippen molar-refractivity contribution in [3.63, 3.8) is 0 Å². The molecular weight excluding hydrogens is 350 g/mol. The first kappa shape index (κ1) is 19.2. The molecule has 3 nitrogen and oxygen atoms in total. The molecule has 0 unspecified atom stereocenters. The summed E-state index contributed by atoms with van der Waals surface area (Å²) in [5.74, 6) is 1.59. The summed E-state index contributed by atoms with van der Waals surface area (Å²) in [4.78, 5) is 0. The fourth-order valence-electron chi connectivity index (χ4n) is 3.31. The number of aryl methyl sites for hydroxylation is 2. The van der Waals surface area contributed by atoms with Crippen LogP contribution >= 0.6 is 0 Å². The van der Waals surface area contributed by atoms with Gasteiger partial charge in [-0.15, -0.1) is 0 Å². The summed E-state index contributed by atoms with van der Waals surface area (Å²) < 4.78 is 41.6. The lowest BCUT2D eigenvalue weighted by molar-refractivity contribution is -0.0498. The SMILES string of the molecule is CCCc1ccc(OCc2cc(OC(F)F)cc3cc(C)oc23)c(C)c1C. The zero-order valence-electron chi connectivity index (χ0n) is 16.1. The lowest BCUT2D eigenvalue weighted by Crippen LogP contribution is -2.04. The Labute approximate surface area is 157 Å². The van der Waals surface area contributed by atoms with Crippen molar-refractivity contribution in [1.29, 1.82) is 0 Å². The van der Waals surface area contributed by atoms with Gasteiger partial charge >= 0.3 is 6.61 Å². The van der Waals surface area contributed by atoms with Crippen molar-refractivity contribution in [2.24, 2.45) is 0 Å². The van der Waals surface area contributed by atoms with Crippen molar-refractivity contribution in [3.8, 4) is 11.5 Å². The molecule has 0 radical (unpaired) electrons. The normalized spacial score (nSPS) is 11.4. The van der Waals surface area contributed by atoms with Gasteiger partial charge in [-0.3, -0.25) is 0 Å². The second-order valence-electron chi connectivity index (χ2n) is 6.75. The molecule has 3 rings (SSSR count). The van der Waals surface area contributed by atoms with E-state index in [1.165, 1.54) is 11.1 Å². The minimum Gasteiger partial charge on any atom is -0.488 e. The van der Waals surface area contributed by atoms with Crippen LogP contribution < -0.4 is 9.47 Å². The molecule has 0 aliphatic carbocycles. The van der Waals surface area contributed by atoms with Crippen LogP contribution in [0.4, 0.5) is 8.78 Å². The maximum atomic E-state index is 12.6. The summed E-state index contributed by atoms with van der Waals surface area (Å²) in [7, 11) is 0. The van der Waals surface area contributed by atoms with Gasteiger partial charge in [0, 0.05) is 10.9 Å². The number of hydrogen-bond acceptors (Lipinski definition) is 3. The van der Waals surface area contributed by atoms with Gasteiger partial charge in [0.2, 0.25) is 0 Å². The Balaban J connectivity index is 1.89. The van der Waals surface area contributed by atoms with E-state index in [2.05, 4.69) is 24.7 Å². The summed E-state index contributed by atoms with van der Waals surface area (Å²) >= 11 is 0. The first-order valence-corrected chi connectivity index (χ1v) is 9.08. The Bertz CT molecular complexity index is 944. The average Bonchev–Trinajstić information content (AvgIpc) is 2.98. The van der Waals surface area contributed by atoms with Gasteiger partial charge < -0.3 is 13.9 Å². The largest absolute Gasteiger partial charge is 0.488 e. The summed E-state index contributed by atoms with van der Waals surface area (Å²) in [5.41, 5.74) is 4.94. The number of hydrogen-bond donors (Lipinski definition) is 0. The molecule has 1 aromatic heterocycles. The molecule has 144 valence electrons. The van der Waals surface area contributed by atoms with Crippen LogP contribution in [0.2, 0.25) is 0 Å². The number of fused-ring (bicyclic) bond motifs is 1. The summed E-state index contributed by atoms with van der Waals surface area (Å²) in [5, 5.41) is 0.718. The van der Waals surface area contributed by atoms with E-state index < -0.39 is 6.61 Å². The van der Waals surface area contributed by atoms with Crippen LogP contribution in [0.15, 0.2) is 34.7 Å². The van der Waals surface area contributed by atoms with Gasteiger partial charge in [-0.05, 0) is 68.1 Å². The van der Waals surface area contributed by atoms with Crippen LogP contribution in [0.1, 0.15) is 41.4 Å². The Morgan fingerprint density at radius 1 is 1.00 bits per heavy atom. The molecule has 1 heterocycles. The standard InChI is InChI=1S/C22H24F2O3/c1-5-6-16-7-8-20(15(4)14(16)3)25-12-18-11-19(27-22(23)24)10-17-9-13(2)26-21(17)18/h7-11,22H,5-6,12H2,1-4H3. The number of alkyl halides is 2. The van der Waals surface area contributed by atoms with Gasteiger partial charge in [0.15, 0.2) is 0 Å². The fraction of sp³-hybridized carbons (Fsp3) is 0.364. The molecule has 3 aromatic rings. The molecule has 0 saturated heterocycles. The zero-order chi connectivity index (χ0) is 19.6. The number of furan rings is 1. The molecule has 0 saturated carbocycles. The molecule has 0 aliphatic heterocycles. The van der Waals surface area contributed by atoms with Gasteiger partial charge in [0.25, 0.3) is 0 Å². The topological polar surface area (TPSA) is 31.6 Å². The maximum absolute atomic E-state index is 12.6. The Morgan fingerprint density at radius 3 is 2.48 bits per heavy atom. The van der Waals surface area contributed by atoms with Crippen LogP contribution in [-0.4, -0.2) is 6.61 Å². The molecule has 5 heteroatoms. The van der Waals surface area contributed by atoms with E-state index in [9.17, 15) is 8.78 Å². The molecule has 0 atom stereocenters. The van der Waals surface area contributed by atoms with Crippen molar-refractivity contribution >= 4 is 11.0 Å². The van der Waals surface area contributed by atoms with Crippen molar-refractivity contribution in [3.05, 3.63) is 58.3 Å². The molecule has 0 spiro atoms. The molecule has 0 fully saturated rings. The highest BCUT2D eigenvalue weighted by atomic mass is 19.3. The quantitative estimate of drug-likeness (QED) is 0.474. The van der Waals surface area contributed by atoms with Gasteiger partial charge in [0.1, 0.15) is 29.4 Å². The van der Waals surface area contributed by atoms with Crippen LogP contribution in [-0.2, 0) is 13.0 Å². The van der Waals surface area contributed by atoms with Crippen molar-refractivity contribution in [2.45, 2.75) is 53.8 Å². The zero-order valence-corrected chi connectivity index (χ0v) is 16.1. The van der Waals surface area contributed by atoms with E-state index in [0.29, 0.717) is 16.9 Å². The number of benzene rings is 2. The van der Waals surface area contributed by atoms with E-state index >= 15 is 0 Å². The summed E-state index contributed by atoms with van der Waals surface area (Å²) in [6.07, 6.45) is 2.12. The number of halogens is 2. The summed E-state index contributed by atoms with van der Waals surface area (Å²) in [6, 6.07) is 8.95. The van der Waals surface area contributed by atoms with Crippen LogP contribution in [0, 0.1) is 20.8 Å². The molecule has 0 N–H and O–H groups in total. The van der Waals surface area contributed by atoms with E-state index in [-0.39, 0.29) is 12.4 Å². The molecule has 0 amide bonds. The van der Waals surface area contributed by atoms with Crippen LogP contribution in [0.3, 0.4) is 0 Å². The highest BCUT2D eigenvalue weighted by Gasteiger charge is 2.14. The van der Waals surface area contributed by atoms with E-state index in [1.807, 2.05) is 19.9 Å². The van der Waals surface area contributed by atoms with Crippen LogP contribution in [0.25, 0.3) is 11.0 Å². The second kappa shape index (κ2) is 7.99. The first-order valence-electron chi connectivity index (χ1n) is 9.08. The monoisotopic (exact) mass is 374 g/mol. The molecule has 27 heavy (non-hydrogen) atoms. The Morgan fingerprint density at radius 2 is 1.78 bits per heavy atom. The molecule has 0 aliphatic rings. The molecular formula is C22H24F2O3. The van der Waals surface area contributed by atoms with E-state index in [4.69, 9.17) is 9.15 Å². The second-order valence-corrected chi connectivity index (χ2v) is 6.75. The lowest BCUT2D eigenvalue weighted by atomic mass is 9.99. The predicted molar refractivity (Wildman–Crippen MR) is 102 cm³/mol. The summed E-state index contributed by atoms with van der Waals surface area (Å²) in [6.45, 7) is 5.44. The Kier molecular flexibility index (Phi) is 5.68.